The minimum atomic E-state index is 0. The van der Waals surface area contributed by atoms with Crippen LogP contribution in [0.5, 0.6) is 0 Å². The molecule has 0 aromatic heterocycles. The van der Waals surface area contributed by atoms with Gasteiger partial charge >= 0.3 is 0 Å². The van der Waals surface area contributed by atoms with E-state index >= 15 is 0 Å². The monoisotopic (exact) mass is 534 g/mol. The Balaban J connectivity index is 0.00000243. The van der Waals surface area contributed by atoms with E-state index in [4.69, 9.17) is 0 Å². The van der Waals surface area contributed by atoms with Crippen molar-refractivity contribution in [1.82, 2.24) is 15.5 Å². The molecule has 1 saturated carbocycles. The lowest BCUT2D eigenvalue weighted by Crippen LogP contribution is -2.49. The lowest BCUT2D eigenvalue weighted by molar-refractivity contribution is 0.203. The van der Waals surface area contributed by atoms with Crippen LogP contribution in [0.4, 0.5) is 0 Å². The number of hydrogen-bond acceptors (Lipinski definition) is 2. The first kappa shape index (κ1) is 22.0. The number of piperidine rings is 1. The number of nitrogens with one attached hydrogen (secondary N) is 2. The topological polar surface area (TPSA) is 39.7 Å². The van der Waals surface area contributed by atoms with Gasteiger partial charge < -0.3 is 15.5 Å². The molecule has 2 fully saturated rings. The van der Waals surface area contributed by atoms with Gasteiger partial charge in [-0.3, -0.25) is 4.99 Å². The van der Waals surface area contributed by atoms with Gasteiger partial charge in [0.2, 0.25) is 0 Å². The van der Waals surface area contributed by atoms with Gasteiger partial charge in [0, 0.05) is 42.6 Å². The van der Waals surface area contributed by atoms with E-state index in [0.29, 0.717) is 18.0 Å². The molecule has 2 atom stereocenters. The number of halogens is 2. The summed E-state index contributed by atoms with van der Waals surface area (Å²) in [6.07, 6.45) is 6.23. The Labute approximate surface area is 183 Å². The lowest BCUT2D eigenvalue weighted by Gasteiger charge is -2.33. The number of unbranched alkanes of at least 4 members (excludes halogenated alkanes) is 1. The summed E-state index contributed by atoms with van der Waals surface area (Å²) in [5.41, 5.74) is 1.42. The predicted octanol–water partition coefficient (Wildman–Crippen LogP) is 4.35. The van der Waals surface area contributed by atoms with Gasteiger partial charge in [-0.1, -0.05) is 41.4 Å². The third-order valence-corrected chi connectivity index (χ3v) is 5.92. The zero-order valence-electron chi connectivity index (χ0n) is 15.9. The molecular weight excluding hydrogens is 503 g/mol. The molecule has 2 aliphatic rings. The van der Waals surface area contributed by atoms with Crippen molar-refractivity contribution in [3.8, 4) is 0 Å². The average Bonchev–Trinajstić information content (AvgIpc) is 3.40. The number of nitrogens with zero attached hydrogens (tertiary/aromatic N) is 2. The van der Waals surface area contributed by atoms with E-state index in [0.717, 1.165) is 10.4 Å². The molecule has 0 spiro atoms. The molecule has 0 amide bonds. The summed E-state index contributed by atoms with van der Waals surface area (Å²) in [5.74, 6) is 1.58. The van der Waals surface area contributed by atoms with Gasteiger partial charge in [0.25, 0.3) is 0 Å². The maximum atomic E-state index is 4.45. The Morgan fingerprint density at radius 2 is 1.88 bits per heavy atom. The standard InChI is InChI=1S/C20H31BrN4.HI/c1-3-4-11-25-12-9-17(10-13-25)23-20(22-2)24-19-14-18(19)15-5-7-16(21)8-6-15;/h5-8,17-19H,3-4,9-14H2,1-2H3,(H2,22,23,24);1H. The maximum absolute atomic E-state index is 4.45. The first-order valence-electron chi connectivity index (χ1n) is 9.67. The van der Waals surface area contributed by atoms with E-state index in [2.05, 4.69) is 67.6 Å². The Morgan fingerprint density at radius 1 is 1.19 bits per heavy atom. The number of aliphatic imine (C=N–C) groups is 1. The molecule has 1 aliphatic heterocycles. The fourth-order valence-electron chi connectivity index (χ4n) is 3.66. The molecule has 6 heteroatoms. The second-order valence-electron chi connectivity index (χ2n) is 7.33. The van der Waals surface area contributed by atoms with Crippen LogP contribution in [-0.2, 0) is 0 Å². The largest absolute Gasteiger partial charge is 0.354 e. The molecule has 1 aromatic carbocycles. The minimum Gasteiger partial charge on any atom is -0.354 e. The Hall–Kier alpha value is -0.340. The highest BCUT2D eigenvalue weighted by Crippen LogP contribution is 2.41. The number of benzene rings is 1. The van der Waals surface area contributed by atoms with E-state index in [9.17, 15) is 0 Å². The second kappa shape index (κ2) is 10.9. The smallest absolute Gasteiger partial charge is 0.191 e. The van der Waals surface area contributed by atoms with E-state index in [1.54, 1.807) is 0 Å². The number of guanidine groups is 1. The summed E-state index contributed by atoms with van der Waals surface area (Å²) in [7, 11) is 1.88. The van der Waals surface area contributed by atoms with Crippen molar-refractivity contribution in [2.45, 2.75) is 57.0 Å². The molecule has 146 valence electrons. The molecule has 4 nitrogen and oxygen atoms in total. The molecule has 1 saturated heterocycles. The highest BCUT2D eigenvalue weighted by molar-refractivity contribution is 14.0. The van der Waals surface area contributed by atoms with Crippen LogP contribution < -0.4 is 10.6 Å². The summed E-state index contributed by atoms with van der Waals surface area (Å²) in [4.78, 5) is 7.05. The first-order valence-corrected chi connectivity index (χ1v) is 10.5. The van der Waals surface area contributed by atoms with Gasteiger partial charge in [-0.15, -0.1) is 24.0 Å². The van der Waals surface area contributed by atoms with Crippen molar-refractivity contribution in [1.29, 1.82) is 0 Å². The third-order valence-electron chi connectivity index (χ3n) is 5.39. The molecule has 2 N–H and O–H groups in total. The number of likely N-dealkylation sites (tertiary alicyclic amines) is 1. The average molecular weight is 535 g/mol. The van der Waals surface area contributed by atoms with Crippen LogP contribution >= 0.6 is 39.9 Å². The van der Waals surface area contributed by atoms with Crippen molar-refractivity contribution in [3.05, 3.63) is 34.3 Å². The zero-order chi connectivity index (χ0) is 17.6. The van der Waals surface area contributed by atoms with Crippen LogP contribution in [-0.4, -0.2) is 49.6 Å². The summed E-state index contributed by atoms with van der Waals surface area (Å²) in [6, 6.07) is 9.76. The minimum absolute atomic E-state index is 0. The second-order valence-corrected chi connectivity index (χ2v) is 8.25. The van der Waals surface area contributed by atoms with E-state index in [-0.39, 0.29) is 24.0 Å². The van der Waals surface area contributed by atoms with Crippen molar-refractivity contribution in [2.24, 2.45) is 4.99 Å². The Kier molecular flexibility index (Phi) is 9.17. The van der Waals surface area contributed by atoms with Crippen LogP contribution in [0, 0.1) is 0 Å². The lowest BCUT2D eigenvalue weighted by atomic mass is 10.0. The Bertz CT molecular complexity index is 570. The van der Waals surface area contributed by atoms with Crippen molar-refractivity contribution < 1.29 is 0 Å². The molecule has 26 heavy (non-hydrogen) atoms. The first-order chi connectivity index (χ1) is 12.2. The van der Waals surface area contributed by atoms with Crippen LogP contribution in [0.25, 0.3) is 0 Å². The Morgan fingerprint density at radius 3 is 2.50 bits per heavy atom. The van der Waals surface area contributed by atoms with Crippen LogP contribution in [0.1, 0.15) is 50.5 Å². The third kappa shape index (κ3) is 6.37. The summed E-state index contributed by atoms with van der Waals surface area (Å²) < 4.78 is 1.14. The highest BCUT2D eigenvalue weighted by atomic mass is 127. The van der Waals surface area contributed by atoms with Crippen LogP contribution in [0.2, 0.25) is 0 Å². The van der Waals surface area contributed by atoms with Gasteiger partial charge in [-0.25, -0.2) is 0 Å². The SMILES string of the molecule is CCCCN1CCC(NC(=NC)NC2CC2c2ccc(Br)cc2)CC1.I. The van der Waals surface area contributed by atoms with Gasteiger partial charge in [0.15, 0.2) is 5.96 Å². The maximum Gasteiger partial charge on any atom is 0.191 e. The highest BCUT2D eigenvalue weighted by Gasteiger charge is 2.39. The van der Waals surface area contributed by atoms with Crippen molar-refractivity contribution in [3.63, 3.8) is 0 Å². The molecular formula is C20H32BrIN4. The number of rotatable bonds is 6. The molecule has 1 aliphatic carbocycles. The normalized spacial score (nSPS) is 24.0. The molecule has 0 bridgehead atoms. The molecule has 0 radical (unpaired) electrons. The van der Waals surface area contributed by atoms with Crippen LogP contribution in [0.15, 0.2) is 33.7 Å². The van der Waals surface area contributed by atoms with Crippen molar-refractivity contribution >= 4 is 45.9 Å². The van der Waals surface area contributed by atoms with Gasteiger partial charge in [0.1, 0.15) is 0 Å². The summed E-state index contributed by atoms with van der Waals surface area (Å²) >= 11 is 3.51. The quantitative estimate of drug-likeness (QED) is 0.324. The molecule has 1 heterocycles. The van der Waals surface area contributed by atoms with E-state index < -0.39 is 0 Å². The van der Waals surface area contributed by atoms with E-state index in [1.807, 2.05) is 7.05 Å². The predicted molar refractivity (Wildman–Crippen MR) is 125 cm³/mol. The molecule has 1 aromatic rings. The molecule has 2 unspecified atom stereocenters. The van der Waals surface area contributed by atoms with Crippen molar-refractivity contribution in [2.75, 3.05) is 26.7 Å². The fourth-order valence-corrected chi connectivity index (χ4v) is 3.92. The number of hydrogen-bond donors (Lipinski definition) is 2. The van der Waals surface area contributed by atoms with E-state index in [1.165, 1.54) is 57.3 Å². The fraction of sp³-hybridized carbons (Fsp3) is 0.650. The summed E-state index contributed by atoms with van der Waals surface area (Å²) in [6.45, 7) is 5.94. The molecule has 3 rings (SSSR count). The van der Waals surface area contributed by atoms with Crippen LogP contribution in [0.3, 0.4) is 0 Å². The van der Waals surface area contributed by atoms with Gasteiger partial charge in [0.05, 0.1) is 0 Å². The van der Waals surface area contributed by atoms with Gasteiger partial charge in [-0.2, -0.15) is 0 Å². The zero-order valence-corrected chi connectivity index (χ0v) is 19.8. The summed E-state index contributed by atoms with van der Waals surface area (Å²) in [5, 5.41) is 7.25. The van der Waals surface area contributed by atoms with Gasteiger partial charge in [-0.05, 0) is 49.9 Å².